The van der Waals surface area contributed by atoms with E-state index >= 15 is 0 Å². The van der Waals surface area contributed by atoms with Crippen molar-refractivity contribution < 1.29 is 14.3 Å². The van der Waals surface area contributed by atoms with Crippen molar-refractivity contribution in [1.82, 2.24) is 10.2 Å². The summed E-state index contributed by atoms with van der Waals surface area (Å²) in [7, 11) is 0. The van der Waals surface area contributed by atoms with Gasteiger partial charge in [0.2, 0.25) is 5.91 Å². The lowest BCUT2D eigenvalue weighted by molar-refractivity contribution is -0.121. The summed E-state index contributed by atoms with van der Waals surface area (Å²) in [6.07, 6.45) is 2.54. The van der Waals surface area contributed by atoms with Gasteiger partial charge < -0.3 is 10.1 Å². The smallest absolute Gasteiger partial charge is 0.220 e. The summed E-state index contributed by atoms with van der Waals surface area (Å²) < 4.78 is 5.42. The van der Waals surface area contributed by atoms with Crippen LogP contribution in [0.3, 0.4) is 0 Å². The molecule has 1 aliphatic heterocycles. The molecule has 5 heteroatoms. The fraction of sp³-hybridized carbons (Fsp3) is 0.440. The van der Waals surface area contributed by atoms with Crippen molar-refractivity contribution in [3.63, 3.8) is 0 Å². The Balaban J connectivity index is 1.46. The Hall–Kier alpha value is -2.50. The molecule has 0 saturated carbocycles. The molecule has 0 unspecified atom stereocenters. The largest absolute Gasteiger partial charge is 0.379 e. The van der Waals surface area contributed by atoms with Crippen molar-refractivity contribution in [2.45, 2.75) is 45.7 Å². The number of amides is 1. The molecule has 3 rings (SSSR count). The van der Waals surface area contributed by atoms with Gasteiger partial charge in [-0.1, -0.05) is 61.9 Å². The lowest BCUT2D eigenvalue weighted by atomic mass is 10.0. The average Bonchev–Trinajstić information content (AvgIpc) is 2.78. The molecule has 1 heterocycles. The van der Waals surface area contributed by atoms with E-state index < -0.39 is 0 Å². The van der Waals surface area contributed by atoms with E-state index in [9.17, 15) is 9.59 Å². The van der Waals surface area contributed by atoms with Crippen LogP contribution in [-0.2, 0) is 29.0 Å². The molecule has 5 nitrogen and oxygen atoms in total. The number of carbonyl (C=O) groups excluding carboxylic acids is 2. The molecule has 1 saturated heterocycles. The molecule has 0 aliphatic carbocycles. The van der Waals surface area contributed by atoms with Crippen molar-refractivity contribution in [2.24, 2.45) is 0 Å². The van der Waals surface area contributed by atoms with Gasteiger partial charge in [-0.2, -0.15) is 0 Å². The number of hydrogen-bond donors (Lipinski definition) is 1. The third-order valence-corrected chi connectivity index (χ3v) is 5.49. The predicted octanol–water partition coefficient (Wildman–Crippen LogP) is 3.75. The van der Waals surface area contributed by atoms with Gasteiger partial charge in [0.1, 0.15) is 0 Å². The molecule has 160 valence electrons. The highest BCUT2D eigenvalue weighted by molar-refractivity contribution is 5.97. The molecule has 0 aromatic heterocycles. The molecular weight excluding hydrogens is 376 g/mol. The summed E-state index contributed by atoms with van der Waals surface area (Å²) in [5.74, 6) is -0.0759. The summed E-state index contributed by atoms with van der Waals surface area (Å²) in [5, 5.41) is 2.97. The first kappa shape index (κ1) is 22.2. The molecule has 0 bridgehead atoms. The first-order chi connectivity index (χ1) is 14.7. The van der Waals surface area contributed by atoms with Crippen LogP contribution in [0.1, 0.15) is 53.2 Å². The number of nitrogens with one attached hydrogen (secondary N) is 1. The molecule has 0 spiro atoms. The second-order valence-corrected chi connectivity index (χ2v) is 7.80. The average molecular weight is 409 g/mol. The van der Waals surface area contributed by atoms with Gasteiger partial charge in [0.25, 0.3) is 0 Å². The molecule has 1 N–H and O–H groups in total. The van der Waals surface area contributed by atoms with E-state index in [1.165, 1.54) is 11.1 Å². The SMILES string of the molecule is CCCc1ccc(C(=O)CCC(=O)NCc2ccccc2CN2CCOCC2)cc1. The van der Waals surface area contributed by atoms with Crippen molar-refractivity contribution in [3.05, 3.63) is 70.8 Å². The Bertz CT molecular complexity index is 827. The van der Waals surface area contributed by atoms with Crippen molar-refractivity contribution in [3.8, 4) is 0 Å². The summed E-state index contributed by atoms with van der Waals surface area (Å²) in [6, 6.07) is 15.9. The normalized spacial score (nSPS) is 14.4. The summed E-state index contributed by atoms with van der Waals surface area (Å²) >= 11 is 0. The van der Waals surface area contributed by atoms with Crippen LogP contribution >= 0.6 is 0 Å². The highest BCUT2D eigenvalue weighted by atomic mass is 16.5. The van der Waals surface area contributed by atoms with E-state index in [4.69, 9.17) is 4.74 Å². The molecule has 2 aromatic rings. The van der Waals surface area contributed by atoms with Gasteiger partial charge in [0, 0.05) is 44.6 Å². The van der Waals surface area contributed by atoms with Gasteiger partial charge in [-0.25, -0.2) is 0 Å². The fourth-order valence-electron chi connectivity index (χ4n) is 3.68. The van der Waals surface area contributed by atoms with Crippen LogP contribution in [0.4, 0.5) is 0 Å². The van der Waals surface area contributed by atoms with E-state index in [-0.39, 0.29) is 24.5 Å². The van der Waals surface area contributed by atoms with Crippen molar-refractivity contribution >= 4 is 11.7 Å². The Morgan fingerprint density at radius 2 is 1.67 bits per heavy atom. The summed E-state index contributed by atoms with van der Waals surface area (Å²) in [4.78, 5) is 27.0. The number of rotatable bonds is 10. The van der Waals surface area contributed by atoms with Crippen molar-refractivity contribution in [2.75, 3.05) is 26.3 Å². The first-order valence-corrected chi connectivity index (χ1v) is 10.9. The molecule has 2 aromatic carbocycles. The highest BCUT2D eigenvalue weighted by Gasteiger charge is 2.14. The van der Waals surface area contributed by atoms with Gasteiger partial charge in [-0.15, -0.1) is 0 Å². The predicted molar refractivity (Wildman–Crippen MR) is 118 cm³/mol. The number of benzene rings is 2. The van der Waals surface area contributed by atoms with E-state index in [1.54, 1.807) is 0 Å². The summed E-state index contributed by atoms with van der Waals surface area (Å²) in [6.45, 7) is 6.90. The number of morpholine rings is 1. The van der Waals surface area contributed by atoms with Crippen LogP contribution in [0.5, 0.6) is 0 Å². The van der Waals surface area contributed by atoms with Crippen LogP contribution in [-0.4, -0.2) is 42.9 Å². The molecule has 1 amide bonds. The van der Waals surface area contributed by atoms with E-state index in [0.717, 1.165) is 51.3 Å². The minimum absolute atomic E-state index is 0.0147. The minimum atomic E-state index is -0.0906. The number of ketones is 1. The zero-order chi connectivity index (χ0) is 21.2. The topological polar surface area (TPSA) is 58.6 Å². The van der Waals surface area contributed by atoms with E-state index in [2.05, 4.69) is 29.3 Å². The van der Waals surface area contributed by atoms with E-state index in [1.807, 2.05) is 36.4 Å². The van der Waals surface area contributed by atoms with Crippen LogP contribution in [0, 0.1) is 0 Å². The maximum absolute atomic E-state index is 12.4. The first-order valence-electron chi connectivity index (χ1n) is 10.9. The van der Waals surface area contributed by atoms with Crippen LogP contribution < -0.4 is 5.32 Å². The van der Waals surface area contributed by atoms with Gasteiger partial charge in [0.05, 0.1) is 13.2 Å². The lowest BCUT2D eigenvalue weighted by Crippen LogP contribution is -2.36. The standard InChI is InChI=1S/C25H32N2O3/c1-2-5-20-8-10-21(11-9-20)24(28)12-13-25(29)26-18-22-6-3-4-7-23(22)19-27-14-16-30-17-15-27/h3-4,6-11H,2,5,12-19H2,1H3,(H,26,29). The van der Waals surface area contributed by atoms with Gasteiger partial charge in [-0.05, 0) is 23.1 Å². The number of nitrogens with zero attached hydrogens (tertiary/aromatic N) is 1. The molecule has 1 aliphatic rings. The number of Topliss-reactive ketones (excluding diaryl/α,β-unsaturated/α-hetero) is 1. The monoisotopic (exact) mass is 408 g/mol. The Morgan fingerprint density at radius 3 is 2.37 bits per heavy atom. The quantitative estimate of drug-likeness (QED) is 0.609. The number of ether oxygens (including phenoxy) is 1. The van der Waals surface area contributed by atoms with E-state index in [0.29, 0.717) is 12.1 Å². The lowest BCUT2D eigenvalue weighted by Gasteiger charge is -2.27. The van der Waals surface area contributed by atoms with Crippen LogP contribution in [0.15, 0.2) is 48.5 Å². The highest BCUT2D eigenvalue weighted by Crippen LogP contribution is 2.14. The number of hydrogen-bond acceptors (Lipinski definition) is 4. The molecule has 30 heavy (non-hydrogen) atoms. The Morgan fingerprint density at radius 1 is 0.967 bits per heavy atom. The molecule has 0 atom stereocenters. The van der Waals surface area contributed by atoms with Crippen molar-refractivity contribution in [1.29, 1.82) is 0 Å². The second kappa shape index (κ2) is 11.6. The fourth-order valence-corrected chi connectivity index (χ4v) is 3.68. The third-order valence-electron chi connectivity index (χ3n) is 5.49. The molecule has 0 radical (unpaired) electrons. The number of aryl methyl sites for hydroxylation is 1. The number of carbonyl (C=O) groups is 2. The van der Waals surface area contributed by atoms with Crippen LogP contribution in [0.2, 0.25) is 0 Å². The summed E-state index contributed by atoms with van der Waals surface area (Å²) in [5.41, 5.74) is 4.26. The van der Waals surface area contributed by atoms with Gasteiger partial charge in [-0.3, -0.25) is 14.5 Å². The van der Waals surface area contributed by atoms with Gasteiger partial charge >= 0.3 is 0 Å². The molecular formula is C25H32N2O3. The second-order valence-electron chi connectivity index (χ2n) is 7.80. The molecule has 1 fully saturated rings. The van der Waals surface area contributed by atoms with Gasteiger partial charge in [0.15, 0.2) is 5.78 Å². The maximum Gasteiger partial charge on any atom is 0.220 e. The zero-order valence-electron chi connectivity index (χ0n) is 17.9. The zero-order valence-corrected chi connectivity index (χ0v) is 17.9. The minimum Gasteiger partial charge on any atom is -0.379 e. The Kier molecular flexibility index (Phi) is 8.60. The van der Waals surface area contributed by atoms with Crippen LogP contribution in [0.25, 0.3) is 0 Å². The Labute approximate surface area is 179 Å². The maximum atomic E-state index is 12.4. The third kappa shape index (κ3) is 6.78.